The van der Waals surface area contributed by atoms with Crippen LogP contribution in [0.25, 0.3) is 0 Å². The Morgan fingerprint density at radius 3 is 2.37 bits per heavy atom. The van der Waals surface area contributed by atoms with Gasteiger partial charge in [0.05, 0.1) is 14.2 Å². The number of rotatable bonds is 6. The van der Waals surface area contributed by atoms with Crippen LogP contribution in [0.3, 0.4) is 0 Å². The molecule has 0 radical (unpaired) electrons. The lowest BCUT2D eigenvalue weighted by Gasteiger charge is -2.36. The molecule has 8 heteroatoms. The van der Waals surface area contributed by atoms with E-state index < -0.39 is 0 Å². The summed E-state index contributed by atoms with van der Waals surface area (Å²) in [6.45, 7) is 8.23. The zero-order valence-corrected chi connectivity index (χ0v) is 19.0. The molecule has 2 rings (SSSR count). The van der Waals surface area contributed by atoms with Crippen LogP contribution in [-0.4, -0.2) is 75.2 Å². The fraction of sp³-hybridized carbons (Fsp3) is 0.579. The predicted octanol–water partition coefficient (Wildman–Crippen LogP) is 1.99. The number of benzene rings is 1. The smallest absolute Gasteiger partial charge is 0.219 e. The second kappa shape index (κ2) is 11.9. The van der Waals surface area contributed by atoms with Crippen molar-refractivity contribution in [2.24, 2.45) is 4.99 Å². The Morgan fingerprint density at radius 1 is 1.15 bits per heavy atom. The monoisotopic (exact) mass is 490 g/mol. The van der Waals surface area contributed by atoms with E-state index >= 15 is 0 Å². The summed E-state index contributed by atoms with van der Waals surface area (Å²) in [6.07, 6.45) is 0.767. The molecule has 1 aromatic rings. The minimum Gasteiger partial charge on any atom is -0.497 e. The number of ether oxygens (including phenoxy) is 2. The van der Waals surface area contributed by atoms with E-state index in [2.05, 4.69) is 17.1 Å². The number of methoxy groups -OCH3 is 2. The van der Waals surface area contributed by atoms with Crippen LogP contribution in [0.5, 0.6) is 11.5 Å². The van der Waals surface area contributed by atoms with Crippen LogP contribution in [0.1, 0.15) is 19.4 Å². The van der Waals surface area contributed by atoms with Gasteiger partial charge in [0, 0.05) is 46.2 Å². The number of guanidine groups is 1. The minimum atomic E-state index is 0. The highest BCUT2D eigenvalue weighted by Gasteiger charge is 2.20. The number of amides is 1. The van der Waals surface area contributed by atoms with Gasteiger partial charge in [0.25, 0.3) is 0 Å². The molecular weight excluding hydrogens is 459 g/mol. The molecule has 0 unspecified atom stereocenters. The van der Waals surface area contributed by atoms with Crippen molar-refractivity contribution in [3.8, 4) is 11.5 Å². The molecule has 1 saturated heterocycles. The van der Waals surface area contributed by atoms with Crippen molar-refractivity contribution in [3.63, 3.8) is 0 Å². The molecule has 0 bridgehead atoms. The number of piperazine rings is 1. The number of carbonyl (C=O) groups excluding carboxylic acids is 1. The van der Waals surface area contributed by atoms with E-state index in [4.69, 9.17) is 14.5 Å². The van der Waals surface area contributed by atoms with Crippen LogP contribution in [0.4, 0.5) is 0 Å². The molecule has 0 spiro atoms. The average molecular weight is 490 g/mol. The van der Waals surface area contributed by atoms with Crippen molar-refractivity contribution in [2.45, 2.75) is 20.3 Å². The standard InChI is InChI=1S/C19H30N4O3.HI/c1-5-20-19(23-12-10-22(11-13-23)15(2)24)21-9-8-16-14-17(25-3)6-7-18(16)26-4;/h6-7,14H,5,8-13H2,1-4H3,(H,20,21);1H. The summed E-state index contributed by atoms with van der Waals surface area (Å²) in [7, 11) is 3.33. The van der Waals surface area contributed by atoms with E-state index in [1.807, 2.05) is 23.1 Å². The second-order valence-corrected chi connectivity index (χ2v) is 6.16. The molecule has 1 aromatic carbocycles. The highest BCUT2D eigenvalue weighted by Crippen LogP contribution is 2.24. The van der Waals surface area contributed by atoms with E-state index in [9.17, 15) is 4.79 Å². The first-order chi connectivity index (χ1) is 12.6. The Hall–Kier alpha value is -1.71. The molecule has 0 aliphatic carbocycles. The third-order valence-corrected chi connectivity index (χ3v) is 4.49. The van der Waals surface area contributed by atoms with Crippen molar-refractivity contribution in [3.05, 3.63) is 23.8 Å². The predicted molar refractivity (Wildman–Crippen MR) is 118 cm³/mol. The van der Waals surface area contributed by atoms with Gasteiger partial charge in [-0.1, -0.05) is 0 Å². The summed E-state index contributed by atoms with van der Waals surface area (Å²) < 4.78 is 10.7. The first-order valence-corrected chi connectivity index (χ1v) is 9.08. The van der Waals surface area contributed by atoms with Crippen LogP contribution in [0.15, 0.2) is 23.2 Å². The Bertz CT molecular complexity index is 631. The zero-order valence-electron chi connectivity index (χ0n) is 16.7. The van der Waals surface area contributed by atoms with Gasteiger partial charge in [-0.2, -0.15) is 0 Å². The summed E-state index contributed by atoms with van der Waals surface area (Å²) in [6, 6.07) is 5.81. The van der Waals surface area contributed by atoms with E-state index in [-0.39, 0.29) is 29.9 Å². The van der Waals surface area contributed by atoms with Crippen LogP contribution in [0.2, 0.25) is 0 Å². The van der Waals surface area contributed by atoms with Gasteiger partial charge in [0.2, 0.25) is 5.91 Å². The molecule has 152 valence electrons. The number of hydrogen-bond donors (Lipinski definition) is 1. The topological polar surface area (TPSA) is 66.4 Å². The number of nitrogens with zero attached hydrogens (tertiary/aromatic N) is 3. The fourth-order valence-corrected chi connectivity index (χ4v) is 3.02. The third kappa shape index (κ3) is 6.75. The number of hydrogen-bond acceptors (Lipinski definition) is 4. The Labute approximate surface area is 179 Å². The molecule has 1 aliphatic rings. The summed E-state index contributed by atoms with van der Waals surface area (Å²) in [5, 5.41) is 3.35. The molecule has 27 heavy (non-hydrogen) atoms. The maximum absolute atomic E-state index is 11.5. The van der Waals surface area contributed by atoms with Crippen LogP contribution >= 0.6 is 24.0 Å². The molecule has 7 nitrogen and oxygen atoms in total. The lowest BCUT2D eigenvalue weighted by molar-refractivity contribution is -0.130. The average Bonchev–Trinajstić information content (AvgIpc) is 2.67. The molecular formula is C19H31IN4O3. The van der Waals surface area contributed by atoms with Crippen molar-refractivity contribution >= 4 is 35.8 Å². The fourth-order valence-electron chi connectivity index (χ4n) is 3.02. The van der Waals surface area contributed by atoms with Crippen LogP contribution in [0, 0.1) is 0 Å². The summed E-state index contributed by atoms with van der Waals surface area (Å²) >= 11 is 0. The quantitative estimate of drug-likeness (QED) is 0.376. The summed E-state index contributed by atoms with van der Waals surface area (Å²) in [4.78, 5) is 20.3. The highest BCUT2D eigenvalue weighted by molar-refractivity contribution is 14.0. The third-order valence-electron chi connectivity index (χ3n) is 4.49. The lowest BCUT2D eigenvalue weighted by atomic mass is 10.1. The summed E-state index contributed by atoms with van der Waals surface area (Å²) in [5.41, 5.74) is 1.08. The Kier molecular flexibility index (Phi) is 10.3. The van der Waals surface area contributed by atoms with E-state index in [0.29, 0.717) is 6.54 Å². The van der Waals surface area contributed by atoms with Gasteiger partial charge in [-0.3, -0.25) is 9.79 Å². The van der Waals surface area contributed by atoms with Crippen molar-refractivity contribution in [1.82, 2.24) is 15.1 Å². The summed E-state index contributed by atoms with van der Waals surface area (Å²) in [5.74, 6) is 2.70. The maximum atomic E-state index is 11.5. The Morgan fingerprint density at radius 2 is 1.81 bits per heavy atom. The van der Waals surface area contributed by atoms with E-state index in [1.54, 1.807) is 21.1 Å². The van der Waals surface area contributed by atoms with Crippen LogP contribution < -0.4 is 14.8 Å². The van der Waals surface area contributed by atoms with Gasteiger partial charge < -0.3 is 24.6 Å². The van der Waals surface area contributed by atoms with E-state index in [0.717, 1.165) is 62.2 Å². The Balaban J connectivity index is 0.00000364. The van der Waals surface area contributed by atoms with Gasteiger partial charge in [-0.15, -0.1) is 24.0 Å². The molecule has 1 aliphatic heterocycles. The largest absolute Gasteiger partial charge is 0.497 e. The number of aliphatic imine (C=N–C) groups is 1. The first kappa shape index (κ1) is 23.3. The van der Waals surface area contributed by atoms with Gasteiger partial charge >= 0.3 is 0 Å². The van der Waals surface area contributed by atoms with Crippen LogP contribution in [-0.2, 0) is 11.2 Å². The molecule has 1 fully saturated rings. The molecule has 0 atom stereocenters. The van der Waals surface area contributed by atoms with Crippen molar-refractivity contribution in [1.29, 1.82) is 0 Å². The molecule has 1 heterocycles. The van der Waals surface area contributed by atoms with Crippen molar-refractivity contribution in [2.75, 3.05) is 53.5 Å². The van der Waals surface area contributed by atoms with Gasteiger partial charge in [0.15, 0.2) is 5.96 Å². The maximum Gasteiger partial charge on any atom is 0.219 e. The molecule has 1 amide bonds. The van der Waals surface area contributed by atoms with Crippen molar-refractivity contribution < 1.29 is 14.3 Å². The normalized spacial score (nSPS) is 14.4. The van der Waals surface area contributed by atoms with E-state index in [1.165, 1.54) is 0 Å². The highest BCUT2D eigenvalue weighted by atomic mass is 127. The number of nitrogens with one attached hydrogen (secondary N) is 1. The lowest BCUT2D eigenvalue weighted by Crippen LogP contribution is -2.53. The minimum absolute atomic E-state index is 0. The second-order valence-electron chi connectivity index (χ2n) is 6.16. The number of halogens is 1. The SMILES string of the molecule is CCNC(=NCCc1cc(OC)ccc1OC)N1CCN(C(C)=O)CC1.I. The van der Waals surface area contributed by atoms with Gasteiger partial charge in [-0.25, -0.2) is 0 Å². The molecule has 1 N–H and O–H groups in total. The molecule has 0 saturated carbocycles. The van der Waals surface area contributed by atoms with Gasteiger partial charge in [0.1, 0.15) is 11.5 Å². The number of carbonyl (C=O) groups is 1. The van der Waals surface area contributed by atoms with Gasteiger partial charge in [-0.05, 0) is 37.1 Å². The zero-order chi connectivity index (χ0) is 18.9. The first-order valence-electron chi connectivity index (χ1n) is 9.08. The molecule has 0 aromatic heterocycles.